The van der Waals surface area contributed by atoms with E-state index in [2.05, 4.69) is 118 Å². The van der Waals surface area contributed by atoms with Crippen LogP contribution < -0.4 is 10.9 Å². The summed E-state index contributed by atoms with van der Waals surface area (Å²) in [4.78, 5) is 4.29. The second-order valence-electron chi connectivity index (χ2n) is 10.5. The van der Waals surface area contributed by atoms with E-state index >= 15 is 0 Å². The summed E-state index contributed by atoms with van der Waals surface area (Å²) in [6.45, 7) is 6.86. The lowest BCUT2D eigenvalue weighted by molar-refractivity contribution is 0.107. The molecule has 0 fully saturated rings. The van der Waals surface area contributed by atoms with Gasteiger partial charge in [0.05, 0.1) is 13.2 Å². The molecule has 0 unspecified atom stereocenters. The van der Waals surface area contributed by atoms with Crippen molar-refractivity contribution in [3.05, 3.63) is 95.6 Å². The summed E-state index contributed by atoms with van der Waals surface area (Å²) in [6, 6.07) is 27.8. The standard InChI is InChI=1S/C31H44B2N2O3/c1-32(37-23-21-34(2)3)20-19-27-11-13-28(14-12-27)25-36-26-29-15-17-31(18-16-29)33(38-24-22-35(4)5)30-9-7-6-8-10-30/h6-18H,19-26H2,1-5H3. The molecule has 0 aliphatic carbocycles. The molecule has 202 valence electrons. The number of benzene rings is 3. The van der Waals surface area contributed by atoms with Crippen LogP contribution >= 0.6 is 0 Å². The lowest BCUT2D eigenvalue weighted by Crippen LogP contribution is -2.46. The topological polar surface area (TPSA) is 34.2 Å². The average Bonchev–Trinajstić information content (AvgIpc) is 2.91. The minimum Gasteiger partial charge on any atom is -0.435 e. The van der Waals surface area contributed by atoms with E-state index in [-0.39, 0.29) is 13.8 Å². The van der Waals surface area contributed by atoms with Crippen molar-refractivity contribution in [3.8, 4) is 0 Å². The fraction of sp³-hybridized carbons (Fsp3) is 0.419. The van der Waals surface area contributed by atoms with Crippen LogP contribution in [-0.2, 0) is 33.7 Å². The quantitative estimate of drug-likeness (QED) is 0.256. The molecule has 0 bridgehead atoms. The van der Waals surface area contributed by atoms with Gasteiger partial charge in [0.1, 0.15) is 0 Å². The Bertz CT molecular complexity index is 1030. The average molecular weight is 514 g/mol. The number of aryl methyl sites for hydroxylation is 1. The summed E-state index contributed by atoms with van der Waals surface area (Å²) in [6.07, 6.45) is 2.06. The smallest absolute Gasteiger partial charge is 0.361 e. The minimum absolute atomic E-state index is 0.0720. The molecule has 0 aromatic heterocycles. The van der Waals surface area contributed by atoms with Crippen LogP contribution in [0.1, 0.15) is 16.7 Å². The second kappa shape index (κ2) is 16.5. The van der Waals surface area contributed by atoms with Crippen LogP contribution in [0.15, 0.2) is 78.9 Å². The Kier molecular flexibility index (Phi) is 13.1. The van der Waals surface area contributed by atoms with Crippen molar-refractivity contribution < 1.29 is 14.0 Å². The highest BCUT2D eigenvalue weighted by atomic mass is 16.5. The molecule has 0 atom stereocenters. The molecule has 0 heterocycles. The van der Waals surface area contributed by atoms with Gasteiger partial charge < -0.3 is 23.8 Å². The largest absolute Gasteiger partial charge is 0.435 e. The third kappa shape index (κ3) is 11.1. The van der Waals surface area contributed by atoms with E-state index in [1.165, 1.54) is 16.6 Å². The molecule has 5 nitrogen and oxygen atoms in total. The Labute approximate surface area is 231 Å². The van der Waals surface area contributed by atoms with E-state index < -0.39 is 0 Å². The van der Waals surface area contributed by atoms with E-state index in [1.54, 1.807) is 0 Å². The predicted octanol–water partition coefficient (Wildman–Crippen LogP) is 3.83. The first-order chi connectivity index (χ1) is 18.4. The predicted molar refractivity (Wildman–Crippen MR) is 162 cm³/mol. The summed E-state index contributed by atoms with van der Waals surface area (Å²) in [5, 5.41) is 0. The maximum Gasteiger partial charge on any atom is 0.361 e. The van der Waals surface area contributed by atoms with Gasteiger partial charge in [-0.2, -0.15) is 0 Å². The number of nitrogens with zero attached hydrogens (tertiary/aromatic N) is 2. The van der Waals surface area contributed by atoms with Gasteiger partial charge in [-0.05, 0) is 68.5 Å². The molecular formula is C31H44B2N2O3. The zero-order chi connectivity index (χ0) is 27.2. The van der Waals surface area contributed by atoms with Crippen molar-refractivity contribution >= 4 is 24.8 Å². The molecule has 0 spiro atoms. The minimum atomic E-state index is -0.0720. The van der Waals surface area contributed by atoms with Crippen LogP contribution in [0.4, 0.5) is 0 Å². The molecule has 0 amide bonds. The monoisotopic (exact) mass is 514 g/mol. The van der Waals surface area contributed by atoms with Crippen LogP contribution in [0.2, 0.25) is 13.1 Å². The number of likely N-dealkylation sites (N-methyl/N-ethyl adjacent to an activating group) is 2. The third-order valence-electron chi connectivity index (χ3n) is 6.55. The fourth-order valence-corrected chi connectivity index (χ4v) is 4.13. The fourth-order valence-electron chi connectivity index (χ4n) is 4.13. The molecule has 0 aliphatic heterocycles. The van der Waals surface area contributed by atoms with Gasteiger partial charge in [0.15, 0.2) is 0 Å². The van der Waals surface area contributed by atoms with Crippen LogP contribution in [0.25, 0.3) is 0 Å². The van der Waals surface area contributed by atoms with Gasteiger partial charge in [-0.15, -0.1) is 0 Å². The van der Waals surface area contributed by atoms with Crippen molar-refractivity contribution in [2.75, 3.05) is 54.5 Å². The van der Waals surface area contributed by atoms with Crippen molar-refractivity contribution in [2.24, 2.45) is 0 Å². The van der Waals surface area contributed by atoms with Gasteiger partial charge in [0.2, 0.25) is 0 Å². The third-order valence-corrected chi connectivity index (χ3v) is 6.55. The van der Waals surface area contributed by atoms with Crippen LogP contribution in [0, 0.1) is 0 Å². The number of rotatable bonds is 17. The first kappa shape index (κ1) is 30.1. The van der Waals surface area contributed by atoms with Crippen LogP contribution in [-0.4, -0.2) is 78.1 Å². The first-order valence-electron chi connectivity index (χ1n) is 13.7. The van der Waals surface area contributed by atoms with Crippen molar-refractivity contribution in [1.82, 2.24) is 9.80 Å². The summed E-state index contributed by atoms with van der Waals surface area (Å²) >= 11 is 0. The summed E-state index contributed by atoms with van der Waals surface area (Å²) in [7, 11) is 8.27. The lowest BCUT2D eigenvalue weighted by atomic mass is 9.55. The van der Waals surface area contributed by atoms with Crippen LogP contribution in [0.3, 0.4) is 0 Å². The van der Waals surface area contributed by atoms with Crippen LogP contribution in [0.5, 0.6) is 0 Å². The number of hydrogen-bond donors (Lipinski definition) is 0. The SMILES string of the molecule is CB(CCc1ccc(COCc2ccc(B(OCCN(C)C)c3ccccc3)cc2)cc1)OCCN(C)C. The van der Waals surface area contributed by atoms with Gasteiger partial charge in [0.25, 0.3) is 6.92 Å². The molecule has 7 heteroatoms. The Morgan fingerprint density at radius 1 is 0.605 bits per heavy atom. The van der Waals surface area contributed by atoms with E-state index in [4.69, 9.17) is 14.0 Å². The molecule has 0 aliphatic rings. The highest BCUT2D eigenvalue weighted by Gasteiger charge is 2.21. The molecule has 3 aromatic rings. The summed E-state index contributed by atoms with van der Waals surface area (Å²) in [5.41, 5.74) is 6.03. The molecular weight excluding hydrogens is 470 g/mol. The molecule has 38 heavy (non-hydrogen) atoms. The zero-order valence-corrected chi connectivity index (χ0v) is 23.9. The molecule has 0 N–H and O–H groups in total. The van der Waals surface area contributed by atoms with E-state index in [9.17, 15) is 0 Å². The molecule has 0 radical (unpaired) electrons. The van der Waals surface area contributed by atoms with Gasteiger partial charge in [-0.3, -0.25) is 0 Å². The Morgan fingerprint density at radius 3 is 1.68 bits per heavy atom. The lowest BCUT2D eigenvalue weighted by Gasteiger charge is -2.17. The highest BCUT2D eigenvalue weighted by molar-refractivity contribution is 6.80. The Hall–Kier alpha value is -2.41. The van der Waals surface area contributed by atoms with Crippen molar-refractivity contribution in [1.29, 1.82) is 0 Å². The normalized spacial score (nSPS) is 11.3. The number of hydrogen-bond acceptors (Lipinski definition) is 5. The summed E-state index contributed by atoms with van der Waals surface area (Å²) < 4.78 is 18.2. The second-order valence-corrected chi connectivity index (χ2v) is 10.5. The Balaban J connectivity index is 1.44. The van der Waals surface area contributed by atoms with Gasteiger partial charge in [-0.25, -0.2) is 0 Å². The van der Waals surface area contributed by atoms with E-state index in [0.717, 1.165) is 43.5 Å². The Morgan fingerprint density at radius 2 is 1.11 bits per heavy atom. The summed E-state index contributed by atoms with van der Waals surface area (Å²) in [5.74, 6) is 0. The first-order valence-corrected chi connectivity index (χ1v) is 13.7. The molecule has 3 aromatic carbocycles. The maximum absolute atomic E-state index is 6.29. The number of ether oxygens (including phenoxy) is 1. The van der Waals surface area contributed by atoms with Crippen molar-refractivity contribution in [2.45, 2.75) is 32.8 Å². The van der Waals surface area contributed by atoms with Gasteiger partial charge >= 0.3 is 6.92 Å². The van der Waals surface area contributed by atoms with Gasteiger partial charge in [-0.1, -0.05) is 85.7 Å². The molecule has 0 saturated carbocycles. The van der Waals surface area contributed by atoms with E-state index in [0.29, 0.717) is 19.8 Å². The highest BCUT2D eigenvalue weighted by Crippen LogP contribution is 2.11. The van der Waals surface area contributed by atoms with Crippen molar-refractivity contribution in [3.63, 3.8) is 0 Å². The maximum atomic E-state index is 6.29. The molecule has 0 saturated heterocycles. The van der Waals surface area contributed by atoms with E-state index in [1.807, 2.05) is 6.07 Å². The zero-order valence-electron chi connectivity index (χ0n) is 23.9. The van der Waals surface area contributed by atoms with Gasteiger partial charge in [0, 0.05) is 26.3 Å². The molecule has 3 rings (SSSR count).